The Morgan fingerprint density at radius 1 is 1.35 bits per heavy atom. The van der Waals surface area contributed by atoms with E-state index >= 15 is 0 Å². The molecule has 3 aromatic rings. The van der Waals surface area contributed by atoms with Gasteiger partial charge in [0.05, 0.1) is 28.0 Å². The van der Waals surface area contributed by atoms with E-state index in [1.165, 1.54) is 4.88 Å². The fraction of sp³-hybridized carbons (Fsp3) is 0.312. The third kappa shape index (κ3) is 3.86. The number of rotatable bonds is 6. The van der Waals surface area contributed by atoms with Crippen molar-refractivity contribution in [3.8, 4) is 0 Å². The van der Waals surface area contributed by atoms with Gasteiger partial charge in [-0.25, -0.2) is 9.97 Å². The molecular weight excluding hydrogens is 328 g/mol. The number of hydrogen-bond donors (Lipinski definition) is 1. The summed E-state index contributed by atoms with van der Waals surface area (Å²) in [6.45, 7) is 2.96. The molecule has 3 rings (SSSR count). The molecule has 1 N–H and O–H groups in total. The summed E-state index contributed by atoms with van der Waals surface area (Å²) in [4.78, 5) is 23.9. The van der Waals surface area contributed by atoms with Crippen molar-refractivity contribution in [2.75, 3.05) is 25.5 Å². The van der Waals surface area contributed by atoms with E-state index in [1.54, 1.807) is 27.6 Å². The smallest absolute Gasteiger partial charge is 0.241 e. The molecule has 120 valence electrons. The SMILES string of the molecule is Cc1ncsc1CCN(C)C(=O)CNc1nc2ccccc2s1. The predicted molar refractivity (Wildman–Crippen MR) is 96.3 cm³/mol. The summed E-state index contributed by atoms with van der Waals surface area (Å²) < 4.78 is 1.12. The second-order valence-corrected chi connectivity index (χ2v) is 7.24. The van der Waals surface area contributed by atoms with E-state index < -0.39 is 0 Å². The summed E-state index contributed by atoms with van der Waals surface area (Å²) in [5.74, 6) is 0.0615. The van der Waals surface area contributed by atoms with E-state index in [2.05, 4.69) is 15.3 Å². The van der Waals surface area contributed by atoms with E-state index in [4.69, 9.17) is 0 Å². The number of thiazole rings is 2. The summed E-state index contributed by atoms with van der Waals surface area (Å²) in [6.07, 6.45) is 0.847. The second kappa shape index (κ2) is 7.06. The Bertz CT molecular complexity index is 778. The third-order valence-electron chi connectivity index (χ3n) is 3.63. The minimum absolute atomic E-state index is 0.0615. The van der Waals surface area contributed by atoms with Crippen LogP contribution in [0.3, 0.4) is 0 Å². The molecule has 1 aromatic carbocycles. The highest BCUT2D eigenvalue weighted by molar-refractivity contribution is 7.22. The van der Waals surface area contributed by atoms with Crippen molar-refractivity contribution < 1.29 is 4.79 Å². The van der Waals surface area contributed by atoms with E-state index in [0.29, 0.717) is 6.54 Å². The number of carbonyl (C=O) groups excluding carboxylic acids is 1. The maximum Gasteiger partial charge on any atom is 0.241 e. The Hall–Kier alpha value is -1.99. The molecule has 0 aliphatic rings. The summed E-state index contributed by atoms with van der Waals surface area (Å²) in [7, 11) is 1.83. The molecule has 2 heterocycles. The van der Waals surface area contributed by atoms with E-state index in [-0.39, 0.29) is 12.5 Å². The molecule has 0 spiro atoms. The average molecular weight is 346 g/mol. The largest absolute Gasteiger partial charge is 0.352 e. The predicted octanol–water partition coefficient (Wildman–Crippen LogP) is 3.17. The molecule has 0 fully saturated rings. The number of carbonyl (C=O) groups is 1. The van der Waals surface area contributed by atoms with Crippen LogP contribution >= 0.6 is 22.7 Å². The summed E-state index contributed by atoms with van der Waals surface area (Å²) >= 11 is 3.21. The molecule has 0 saturated carbocycles. The van der Waals surface area contributed by atoms with Crippen molar-refractivity contribution in [3.05, 3.63) is 40.3 Å². The van der Waals surface area contributed by atoms with Crippen molar-refractivity contribution >= 4 is 43.9 Å². The number of benzene rings is 1. The molecule has 2 aromatic heterocycles. The monoisotopic (exact) mass is 346 g/mol. The first kappa shape index (κ1) is 15.9. The molecule has 1 amide bonds. The molecule has 7 heteroatoms. The van der Waals surface area contributed by atoms with Gasteiger partial charge in [0, 0.05) is 24.9 Å². The van der Waals surface area contributed by atoms with Crippen LogP contribution in [-0.4, -0.2) is 40.9 Å². The van der Waals surface area contributed by atoms with Gasteiger partial charge in [0.2, 0.25) is 5.91 Å². The van der Waals surface area contributed by atoms with Gasteiger partial charge in [-0.2, -0.15) is 0 Å². The van der Waals surface area contributed by atoms with E-state index in [1.807, 2.05) is 43.7 Å². The zero-order valence-electron chi connectivity index (χ0n) is 13.1. The van der Waals surface area contributed by atoms with Crippen LogP contribution in [0.5, 0.6) is 0 Å². The van der Waals surface area contributed by atoms with Crippen LogP contribution < -0.4 is 5.32 Å². The zero-order valence-corrected chi connectivity index (χ0v) is 14.7. The lowest BCUT2D eigenvalue weighted by Crippen LogP contribution is -2.33. The number of anilines is 1. The van der Waals surface area contributed by atoms with Gasteiger partial charge in [-0.15, -0.1) is 11.3 Å². The van der Waals surface area contributed by atoms with Crippen molar-refractivity contribution in [2.45, 2.75) is 13.3 Å². The Balaban J connectivity index is 1.51. The summed E-state index contributed by atoms with van der Waals surface area (Å²) in [5, 5.41) is 3.91. The van der Waals surface area contributed by atoms with Crippen molar-refractivity contribution in [1.29, 1.82) is 0 Å². The van der Waals surface area contributed by atoms with Crippen LogP contribution in [0.4, 0.5) is 5.13 Å². The van der Waals surface area contributed by atoms with Crippen LogP contribution in [0.15, 0.2) is 29.8 Å². The van der Waals surface area contributed by atoms with Crippen molar-refractivity contribution in [2.24, 2.45) is 0 Å². The average Bonchev–Trinajstić information content (AvgIpc) is 3.15. The number of hydrogen-bond acceptors (Lipinski definition) is 6. The maximum atomic E-state index is 12.2. The molecule has 0 saturated heterocycles. The molecule has 0 unspecified atom stereocenters. The first-order valence-corrected chi connectivity index (χ1v) is 9.05. The van der Waals surface area contributed by atoms with Gasteiger partial charge in [0.15, 0.2) is 5.13 Å². The van der Waals surface area contributed by atoms with Crippen LogP contribution in [0.25, 0.3) is 10.2 Å². The van der Waals surface area contributed by atoms with Crippen LogP contribution in [0.1, 0.15) is 10.6 Å². The van der Waals surface area contributed by atoms with Gasteiger partial charge >= 0.3 is 0 Å². The molecule has 5 nitrogen and oxygen atoms in total. The lowest BCUT2D eigenvalue weighted by atomic mass is 10.3. The highest BCUT2D eigenvalue weighted by Crippen LogP contribution is 2.25. The van der Waals surface area contributed by atoms with Gasteiger partial charge < -0.3 is 10.2 Å². The first-order valence-electron chi connectivity index (χ1n) is 7.36. The lowest BCUT2D eigenvalue weighted by molar-refractivity contribution is -0.127. The number of para-hydroxylation sites is 1. The molecule has 0 aliphatic heterocycles. The number of fused-ring (bicyclic) bond motifs is 1. The quantitative estimate of drug-likeness (QED) is 0.745. The molecule has 23 heavy (non-hydrogen) atoms. The number of aromatic nitrogens is 2. The van der Waals surface area contributed by atoms with Crippen LogP contribution in [-0.2, 0) is 11.2 Å². The number of amides is 1. The Morgan fingerprint density at radius 2 is 2.17 bits per heavy atom. The summed E-state index contributed by atoms with van der Waals surface area (Å²) in [6, 6.07) is 7.96. The van der Waals surface area contributed by atoms with Gasteiger partial charge in [0.1, 0.15) is 0 Å². The molecule has 0 atom stereocenters. The minimum atomic E-state index is 0.0615. The molecular formula is C16H18N4OS2. The maximum absolute atomic E-state index is 12.2. The zero-order chi connectivity index (χ0) is 16.2. The van der Waals surface area contributed by atoms with E-state index in [9.17, 15) is 4.79 Å². The number of nitrogens with zero attached hydrogens (tertiary/aromatic N) is 3. The van der Waals surface area contributed by atoms with Crippen LogP contribution in [0, 0.1) is 6.92 Å². The fourth-order valence-corrected chi connectivity index (χ4v) is 3.83. The summed E-state index contributed by atoms with van der Waals surface area (Å²) in [5.41, 5.74) is 3.87. The van der Waals surface area contributed by atoms with Gasteiger partial charge in [-0.1, -0.05) is 23.5 Å². The number of nitrogens with one attached hydrogen (secondary N) is 1. The number of aryl methyl sites for hydroxylation is 1. The fourth-order valence-electron chi connectivity index (χ4n) is 2.19. The number of likely N-dealkylation sites (N-methyl/N-ethyl adjacent to an activating group) is 1. The highest BCUT2D eigenvalue weighted by Gasteiger charge is 2.11. The molecule has 0 bridgehead atoms. The van der Waals surface area contributed by atoms with Gasteiger partial charge in [-0.05, 0) is 19.1 Å². The van der Waals surface area contributed by atoms with Gasteiger partial charge in [-0.3, -0.25) is 4.79 Å². The van der Waals surface area contributed by atoms with Crippen LogP contribution in [0.2, 0.25) is 0 Å². The topological polar surface area (TPSA) is 58.1 Å². The van der Waals surface area contributed by atoms with E-state index in [0.717, 1.165) is 27.5 Å². The molecule has 0 aliphatic carbocycles. The Labute approximate surface area is 143 Å². The standard InChI is InChI=1S/C16H18N4OS2/c1-11-13(22-10-18-11)7-8-20(2)15(21)9-17-16-19-12-5-3-4-6-14(12)23-16/h3-6,10H,7-9H2,1-2H3,(H,17,19). The molecule has 0 radical (unpaired) electrons. The first-order chi connectivity index (χ1) is 11.1. The normalized spacial score (nSPS) is 10.9. The third-order valence-corrected chi connectivity index (χ3v) is 5.62. The minimum Gasteiger partial charge on any atom is -0.352 e. The van der Waals surface area contributed by atoms with Gasteiger partial charge in [0.25, 0.3) is 0 Å². The second-order valence-electron chi connectivity index (χ2n) is 5.27. The van der Waals surface area contributed by atoms with Crippen molar-refractivity contribution in [3.63, 3.8) is 0 Å². The van der Waals surface area contributed by atoms with Crippen molar-refractivity contribution in [1.82, 2.24) is 14.9 Å². The lowest BCUT2D eigenvalue weighted by Gasteiger charge is -2.16. The highest BCUT2D eigenvalue weighted by atomic mass is 32.1. The Morgan fingerprint density at radius 3 is 2.91 bits per heavy atom. The Kier molecular flexibility index (Phi) is 4.88.